The lowest BCUT2D eigenvalue weighted by molar-refractivity contribution is -0.142. The molecule has 4 aliphatic rings. The molecule has 168 valence electrons. The second kappa shape index (κ2) is 7.92. The van der Waals surface area contributed by atoms with Gasteiger partial charge in [0.1, 0.15) is 6.04 Å². The van der Waals surface area contributed by atoms with Crippen LogP contribution in [0.2, 0.25) is 0 Å². The van der Waals surface area contributed by atoms with Crippen LogP contribution in [0.25, 0.3) is 6.08 Å². The van der Waals surface area contributed by atoms with Crippen LogP contribution in [0.4, 0.5) is 5.69 Å². The number of hydrogen-bond donors (Lipinski definition) is 0. The van der Waals surface area contributed by atoms with Crippen molar-refractivity contribution in [2.24, 2.45) is 11.8 Å². The number of amides is 2. The molecule has 4 aliphatic heterocycles. The van der Waals surface area contributed by atoms with Crippen LogP contribution in [-0.2, 0) is 14.3 Å². The van der Waals surface area contributed by atoms with E-state index < -0.39 is 17.9 Å². The topological polar surface area (TPSA) is 66.9 Å². The lowest BCUT2D eigenvalue weighted by Gasteiger charge is -2.36. The van der Waals surface area contributed by atoms with Crippen molar-refractivity contribution < 1.29 is 19.1 Å². The van der Waals surface area contributed by atoms with Crippen LogP contribution in [0.1, 0.15) is 28.8 Å². The molecule has 0 aromatic heterocycles. The first-order valence-corrected chi connectivity index (χ1v) is 12.2. The monoisotopic (exact) mass is 506 g/mol. The molecule has 3 fully saturated rings. The molecule has 0 spiro atoms. The van der Waals surface area contributed by atoms with E-state index in [2.05, 4.69) is 15.9 Å². The number of nitrogens with zero attached hydrogens (tertiary/aromatic N) is 2. The molecule has 2 aromatic carbocycles. The average Bonchev–Trinajstić information content (AvgIpc) is 3.52. The zero-order valence-corrected chi connectivity index (χ0v) is 19.5. The molecule has 3 saturated heterocycles. The predicted octanol–water partition coefficient (Wildman–Crippen LogP) is 3.70. The summed E-state index contributed by atoms with van der Waals surface area (Å²) in [5, 5.41) is 0. The van der Waals surface area contributed by atoms with Crippen LogP contribution < -0.4 is 4.90 Å². The van der Waals surface area contributed by atoms with Crippen LogP contribution in [-0.4, -0.2) is 53.8 Å². The molecule has 0 aliphatic carbocycles. The molecule has 0 N–H and O–H groups in total. The minimum atomic E-state index is -0.738. The highest BCUT2D eigenvalue weighted by Gasteiger charge is 2.64. The fourth-order valence-corrected chi connectivity index (χ4v) is 6.23. The minimum Gasteiger partial charge on any atom is -0.376 e. The largest absolute Gasteiger partial charge is 0.376 e. The number of likely N-dealkylation sites (tertiary alicyclic amines) is 1. The van der Waals surface area contributed by atoms with Gasteiger partial charge in [0.2, 0.25) is 11.8 Å². The third-order valence-corrected chi connectivity index (χ3v) is 7.79. The Hall–Kier alpha value is -2.77. The van der Waals surface area contributed by atoms with Crippen molar-refractivity contribution in [3.8, 4) is 0 Å². The van der Waals surface area contributed by atoms with E-state index in [-0.39, 0.29) is 36.3 Å². The first-order chi connectivity index (χ1) is 16.0. The molecule has 4 heterocycles. The van der Waals surface area contributed by atoms with E-state index in [1.165, 1.54) is 4.90 Å². The molecule has 6 nitrogen and oxygen atoms in total. The lowest BCUT2D eigenvalue weighted by Crippen LogP contribution is -2.49. The first kappa shape index (κ1) is 20.8. The lowest BCUT2D eigenvalue weighted by atomic mass is 9.86. The molecule has 0 saturated carbocycles. The number of carbonyl (C=O) groups excluding carboxylic acids is 3. The number of hydrogen-bond acceptors (Lipinski definition) is 5. The van der Waals surface area contributed by atoms with Gasteiger partial charge < -0.3 is 9.64 Å². The maximum Gasteiger partial charge on any atom is 0.235 e. The van der Waals surface area contributed by atoms with E-state index in [1.807, 2.05) is 53.5 Å². The molecule has 7 heteroatoms. The number of ether oxygens (including phenoxy) is 1. The summed E-state index contributed by atoms with van der Waals surface area (Å²) < 4.78 is 6.63. The summed E-state index contributed by atoms with van der Waals surface area (Å²) in [5.41, 5.74) is 2.39. The quantitative estimate of drug-likeness (QED) is 0.467. The standard InChI is InChI=1S/C26H23BrN2O4/c27-17-9-11-19-16(13-17)8-10-20-21-22(23(29(19)20)24(30)15-5-2-1-3-6-15)26(32)28(25(21)31)14-18-7-4-12-33-18/h1-3,5-6,8-11,13,18,20-23H,4,7,12,14H2/t18-,20+,21+,22+,23-/m0/s1. The zero-order chi connectivity index (χ0) is 22.7. The van der Waals surface area contributed by atoms with Crippen molar-refractivity contribution in [1.29, 1.82) is 0 Å². The number of halogens is 1. The first-order valence-electron chi connectivity index (χ1n) is 11.4. The Kier molecular flexibility index (Phi) is 4.99. The highest BCUT2D eigenvalue weighted by Crippen LogP contribution is 2.49. The summed E-state index contributed by atoms with van der Waals surface area (Å²) in [6, 6.07) is 13.9. The van der Waals surface area contributed by atoms with Crippen molar-refractivity contribution in [3.63, 3.8) is 0 Å². The van der Waals surface area contributed by atoms with Crippen molar-refractivity contribution >= 4 is 45.3 Å². The van der Waals surface area contributed by atoms with Crippen LogP contribution in [0, 0.1) is 11.8 Å². The Morgan fingerprint density at radius 3 is 2.61 bits per heavy atom. The third-order valence-electron chi connectivity index (χ3n) is 7.30. The van der Waals surface area contributed by atoms with Crippen LogP contribution in [0.5, 0.6) is 0 Å². The Labute approximate surface area is 200 Å². The minimum absolute atomic E-state index is 0.115. The molecule has 2 aromatic rings. The second-order valence-electron chi connectivity index (χ2n) is 9.11. The van der Waals surface area contributed by atoms with Gasteiger partial charge in [-0.2, -0.15) is 0 Å². The highest BCUT2D eigenvalue weighted by atomic mass is 79.9. The van der Waals surface area contributed by atoms with Crippen LogP contribution >= 0.6 is 15.9 Å². The van der Waals surface area contributed by atoms with Crippen molar-refractivity contribution in [3.05, 3.63) is 70.2 Å². The Balaban J connectivity index is 1.44. The zero-order valence-electron chi connectivity index (χ0n) is 17.9. The van der Waals surface area contributed by atoms with Crippen LogP contribution in [0.15, 0.2) is 59.1 Å². The molecule has 33 heavy (non-hydrogen) atoms. The van der Waals surface area contributed by atoms with E-state index in [0.29, 0.717) is 12.2 Å². The number of imide groups is 1. The average molecular weight is 507 g/mol. The fourth-order valence-electron chi connectivity index (χ4n) is 5.85. The van der Waals surface area contributed by atoms with Crippen LogP contribution in [0.3, 0.4) is 0 Å². The van der Waals surface area contributed by atoms with E-state index >= 15 is 0 Å². The normalized spacial score (nSPS) is 29.9. The second-order valence-corrected chi connectivity index (χ2v) is 10.0. The number of Topliss-reactive ketones (excluding diaryl/α,β-unsaturated/α-hetero) is 1. The smallest absolute Gasteiger partial charge is 0.235 e. The molecule has 0 bridgehead atoms. The van der Waals surface area contributed by atoms with Gasteiger partial charge in [-0.3, -0.25) is 19.3 Å². The van der Waals surface area contributed by atoms with E-state index in [1.54, 1.807) is 12.1 Å². The van der Waals surface area contributed by atoms with Gasteiger partial charge in [0.05, 0.1) is 30.5 Å². The SMILES string of the molecule is O=C(c1ccccc1)[C@@H]1[C@@H]2C(=O)N(C[C@@H]3CCCO3)C(=O)[C@@H]2[C@H]2C=Cc3cc(Br)ccc3N21. The molecular formula is C26H23BrN2O4. The maximum absolute atomic E-state index is 13.8. The van der Waals surface area contributed by atoms with Gasteiger partial charge in [-0.15, -0.1) is 0 Å². The molecular weight excluding hydrogens is 484 g/mol. The van der Waals surface area contributed by atoms with Gasteiger partial charge in [0, 0.05) is 22.3 Å². The number of benzene rings is 2. The number of rotatable bonds is 4. The summed E-state index contributed by atoms with van der Waals surface area (Å²) in [6.45, 7) is 0.936. The summed E-state index contributed by atoms with van der Waals surface area (Å²) in [6.07, 6.45) is 5.64. The van der Waals surface area contributed by atoms with Gasteiger partial charge in [-0.05, 0) is 36.6 Å². The summed E-state index contributed by atoms with van der Waals surface area (Å²) >= 11 is 3.51. The molecule has 0 radical (unpaired) electrons. The van der Waals surface area contributed by atoms with Gasteiger partial charge >= 0.3 is 0 Å². The summed E-state index contributed by atoms with van der Waals surface area (Å²) in [4.78, 5) is 44.5. The van der Waals surface area contributed by atoms with Gasteiger partial charge in [-0.1, -0.05) is 58.4 Å². The van der Waals surface area contributed by atoms with E-state index in [4.69, 9.17) is 4.74 Å². The Bertz CT molecular complexity index is 1170. The van der Waals surface area contributed by atoms with Gasteiger partial charge in [-0.25, -0.2) is 0 Å². The van der Waals surface area contributed by atoms with Crippen molar-refractivity contribution in [2.45, 2.75) is 31.0 Å². The molecule has 0 unspecified atom stereocenters. The predicted molar refractivity (Wildman–Crippen MR) is 127 cm³/mol. The number of anilines is 1. The van der Waals surface area contributed by atoms with E-state index in [0.717, 1.165) is 28.6 Å². The Morgan fingerprint density at radius 2 is 1.85 bits per heavy atom. The number of fused-ring (bicyclic) bond motifs is 5. The fraction of sp³-hybridized carbons (Fsp3) is 0.346. The molecule has 5 atom stereocenters. The summed E-state index contributed by atoms with van der Waals surface area (Å²) in [7, 11) is 0. The van der Waals surface area contributed by atoms with Crippen molar-refractivity contribution in [2.75, 3.05) is 18.1 Å². The highest BCUT2D eigenvalue weighted by molar-refractivity contribution is 9.10. The van der Waals surface area contributed by atoms with E-state index in [9.17, 15) is 14.4 Å². The molecule has 2 amide bonds. The van der Waals surface area contributed by atoms with Gasteiger partial charge in [0.15, 0.2) is 5.78 Å². The molecule has 6 rings (SSSR count). The summed E-state index contributed by atoms with van der Waals surface area (Å²) in [5.74, 6) is -1.86. The van der Waals surface area contributed by atoms with Crippen molar-refractivity contribution in [1.82, 2.24) is 4.90 Å². The maximum atomic E-state index is 13.8. The Morgan fingerprint density at radius 1 is 1.06 bits per heavy atom. The number of carbonyl (C=O) groups is 3. The third kappa shape index (κ3) is 3.21. The number of ketones is 1. The van der Waals surface area contributed by atoms with Gasteiger partial charge in [0.25, 0.3) is 0 Å².